The van der Waals surface area contributed by atoms with Crippen LogP contribution >= 0.6 is 43.5 Å². The minimum absolute atomic E-state index is 0.0165. The molecule has 0 bridgehead atoms. The number of hydrogen-bond acceptors (Lipinski definition) is 1. The monoisotopic (exact) mass is 409 g/mol. The highest BCUT2D eigenvalue weighted by Crippen LogP contribution is 2.25. The van der Waals surface area contributed by atoms with Crippen LogP contribution < -0.4 is 5.32 Å². The van der Waals surface area contributed by atoms with E-state index in [0.717, 1.165) is 16.2 Å². The van der Waals surface area contributed by atoms with E-state index < -0.39 is 0 Å². The van der Waals surface area contributed by atoms with Crippen molar-refractivity contribution in [2.75, 3.05) is 5.33 Å². The molecule has 0 saturated carbocycles. The molecule has 1 rings (SSSR count). The van der Waals surface area contributed by atoms with Crippen molar-refractivity contribution in [3.63, 3.8) is 0 Å². The van der Waals surface area contributed by atoms with Gasteiger partial charge in [0.1, 0.15) is 0 Å². The molecule has 1 amide bonds. The Labute approximate surface area is 136 Å². The molecule has 1 aromatic carbocycles. The highest BCUT2D eigenvalue weighted by Gasteiger charge is 2.26. The van der Waals surface area contributed by atoms with Crippen molar-refractivity contribution in [2.24, 2.45) is 5.41 Å². The number of amides is 1. The van der Waals surface area contributed by atoms with E-state index in [9.17, 15) is 4.79 Å². The topological polar surface area (TPSA) is 29.1 Å². The molecule has 19 heavy (non-hydrogen) atoms. The average molecular weight is 412 g/mol. The first-order valence-electron chi connectivity index (χ1n) is 6.07. The zero-order valence-electron chi connectivity index (χ0n) is 11.3. The van der Waals surface area contributed by atoms with E-state index >= 15 is 0 Å². The third-order valence-corrected chi connectivity index (χ3v) is 4.62. The molecule has 106 valence electrons. The van der Waals surface area contributed by atoms with Gasteiger partial charge in [-0.2, -0.15) is 0 Å². The van der Waals surface area contributed by atoms with Crippen LogP contribution in [0.15, 0.2) is 22.7 Å². The van der Waals surface area contributed by atoms with Crippen LogP contribution in [0.2, 0.25) is 5.02 Å². The smallest absolute Gasteiger partial charge is 0.251 e. The first-order chi connectivity index (χ1) is 8.75. The molecular weight excluding hydrogens is 393 g/mol. The van der Waals surface area contributed by atoms with Gasteiger partial charge in [0.15, 0.2) is 0 Å². The third kappa shape index (κ3) is 5.09. The van der Waals surface area contributed by atoms with Gasteiger partial charge in [0.05, 0.1) is 5.02 Å². The average Bonchev–Trinajstić information content (AvgIpc) is 2.30. The van der Waals surface area contributed by atoms with E-state index in [0.29, 0.717) is 10.6 Å². The van der Waals surface area contributed by atoms with Crippen molar-refractivity contribution in [2.45, 2.75) is 33.2 Å². The number of carbonyl (C=O) groups excluding carboxylic acids is 1. The van der Waals surface area contributed by atoms with Gasteiger partial charge in [-0.1, -0.05) is 48.3 Å². The Bertz CT molecular complexity index is 457. The van der Waals surface area contributed by atoms with Crippen molar-refractivity contribution in [3.05, 3.63) is 33.3 Å². The van der Waals surface area contributed by atoms with E-state index in [-0.39, 0.29) is 17.4 Å². The number of rotatable bonds is 4. The fourth-order valence-electron chi connectivity index (χ4n) is 1.71. The summed E-state index contributed by atoms with van der Waals surface area (Å²) in [6, 6.07) is 5.34. The van der Waals surface area contributed by atoms with Crippen molar-refractivity contribution in [1.29, 1.82) is 0 Å². The number of alkyl halides is 1. The standard InChI is InChI=1S/C14H18Br2ClNO/c1-14(2,3)12(6-7-15)18-13(19)9-4-5-10(16)11(17)8-9/h4-5,8,12H,6-7H2,1-3H3,(H,18,19). The second-order valence-electron chi connectivity index (χ2n) is 5.50. The van der Waals surface area contributed by atoms with E-state index in [1.807, 2.05) is 0 Å². The van der Waals surface area contributed by atoms with Gasteiger partial charge < -0.3 is 5.32 Å². The predicted octanol–water partition coefficient (Wildman–Crippen LogP) is 5.03. The van der Waals surface area contributed by atoms with Gasteiger partial charge in [-0.15, -0.1) is 0 Å². The maximum absolute atomic E-state index is 12.2. The molecule has 1 atom stereocenters. The summed E-state index contributed by atoms with van der Waals surface area (Å²) >= 11 is 12.8. The molecule has 0 aliphatic heterocycles. The number of hydrogen-bond donors (Lipinski definition) is 1. The molecular formula is C14H18Br2ClNO. The van der Waals surface area contributed by atoms with Crippen LogP contribution in [0.25, 0.3) is 0 Å². The first-order valence-corrected chi connectivity index (χ1v) is 8.37. The zero-order chi connectivity index (χ0) is 14.6. The van der Waals surface area contributed by atoms with Gasteiger partial charge in [-0.3, -0.25) is 4.79 Å². The molecule has 0 saturated heterocycles. The summed E-state index contributed by atoms with van der Waals surface area (Å²) in [5, 5.41) is 4.48. The lowest BCUT2D eigenvalue weighted by molar-refractivity contribution is 0.0900. The van der Waals surface area contributed by atoms with Crippen molar-refractivity contribution >= 4 is 49.4 Å². The Balaban J connectivity index is 2.84. The molecule has 2 nitrogen and oxygen atoms in total. The van der Waals surface area contributed by atoms with Crippen molar-refractivity contribution in [1.82, 2.24) is 5.32 Å². The summed E-state index contributed by atoms with van der Waals surface area (Å²) in [4.78, 5) is 12.2. The molecule has 1 N–H and O–H groups in total. The Morgan fingerprint density at radius 3 is 2.53 bits per heavy atom. The number of nitrogens with one attached hydrogen (secondary N) is 1. The summed E-state index contributed by atoms with van der Waals surface area (Å²) in [7, 11) is 0. The fraction of sp³-hybridized carbons (Fsp3) is 0.500. The van der Waals surface area contributed by atoms with Gasteiger partial charge in [0, 0.05) is 21.4 Å². The summed E-state index contributed by atoms with van der Waals surface area (Å²) in [5.41, 5.74) is 0.597. The largest absolute Gasteiger partial charge is 0.349 e. The SMILES string of the molecule is CC(C)(C)C(CCBr)NC(=O)c1ccc(Br)c(Cl)c1. The normalized spacial score (nSPS) is 13.2. The van der Waals surface area contributed by atoms with Crippen molar-refractivity contribution < 1.29 is 4.79 Å². The number of carbonyl (C=O) groups is 1. The summed E-state index contributed by atoms with van der Waals surface area (Å²) in [6.07, 6.45) is 0.888. The maximum Gasteiger partial charge on any atom is 0.251 e. The second-order valence-corrected chi connectivity index (χ2v) is 7.55. The van der Waals surface area contributed by atoms with Crippen LogP contribution in [0.3, 0.4) is 0 Å². The molecule has 0 fully saturated rings. The van der Waals surface area contributed by atoms with Gasteiger partial charge in [-0.05, 0) is 46.0 Å². The molecule has 1 aromatic rings. The summed E-state index contributed by atoms with van der Waals surface area (Å²) < 4.78 is 0.790. The predicted molar refractivity (Wildman–Crippen MR) is 88.3 cm³/mol. The Morgan fingerprint density at radius 1 is 1.42 bits per heavy atom. The van der Waals surface area contributed by atoms with Crippen LogP contribution in [0.5, 0.6) is 0 Å². The maximum atomic E-state index is 12.2. The first kappa shape index (κ1) is 17.0. The minimum atomic E-state index is -0.0877. The van der Waals surface area contributed by atoms with E-state index in [4.69, 9.17) is 11.6 Å². The molecule has 0 radical (unpaired) electrons. The fourth-order valence-corrected chi connectivity index (χ4v) is 2.59. The Hall–Kier alpha value is -0.0600. The molecule has 0 heterocycles. The highest BCUT2D eigenvalue weighted by atomic mass is 79.9. The summed E-state index contributed by atoms with van der Waals surface area (Å²) in [5.74, 6) is -0.0877. The van der Waals surface area contributed by atoms with Crippen LogP contribution in [-0.4, -0.2) is 17.3 Å². The van der Waals surface area contributed by atoms with Crippen molar-refractivity contribution in [3.8, 4) is 0 Å². The second kappa shape index (κ2) is 7.09. The van der Waals surface area contributed by atoms with Crippen LogP contribution in [0, 0.1) is 5.41 Å². The molecule has 1 unspecified atom stereocenters. The Morgan fingerprint density at radius 2 is 2.05 bits per heavy atom. The van der Waals surface area contributed by atoms with Gasteiger partial charge in [0.25, 0.3) is 5.91 Å². The van der Waals surface area contributed by atoms with Crippen LogP contribution in [0.4, 0.5) is 0 Å². The lowest BCUT2D eigenvalue weighted by atomic mass is 9.85. The number of halogens is 3. The van der Waals surface area contributed by atoms with Crippen LogP contribution in [0.1, 0.15) is 37.6 Å². The quantitative estimate of drug-likeness (QED) is 0.692. The van der Waals surface area contributed by atoms with Gasteiger partial charge >= 0.3 is 0 Å². The molecule has 0 aliphatic carbocycles. The minimum Gasteiger partial charge on any atom is -0.349 e. The lowest BCUT2D eigenvalue weighted by Crippen LogP contribution is -2.44. The summed E-state index contributed by atoms with van der Waals surface area (Å²) in [6.45, 7) is 6.36. The number of benzene rings is 1. The molecule has 0 spiro atoms. The van der Waals surface area contributed by atoms with Gasteiger partial charge in [0.2, 0.25) is 0 Å². The molecule has 0 aliphatic rings. The van der Waals surface area contributed by atoms with E-state index in [2.05, 4.69) is 57.9 Å². The van der Waals surface area contributed by atoms with E-state index in [1.165, 1.54) is 0 Å². The molecule has 5 heteroatoms. The third-order valence-electron chi connectivity index (χ3n) is 2.93. The zero-order valence-corrected chi connectivity index (χ0v) is 15.2. The van der Waals surface area contributed by atoms with Crippen LogP contribution in [-0.2, 0) is 0 Å². The van der Waals surface area contributed by atoms with Gasteiger partial charge in [-0.25, -0.2) is 0 Å². The van der Waals surface area contributed by atoms with E-state index in [1.54, 1.807) is 18.2 Å². The highest BCUT2D eigenvalue weighted by molar-refractivity contribution is 9.10. The lowest BCUT2D eigenvalue weighted by Gasteiger charge is -2.31. The Kier molecular flexibility index (Phi) is 6.34. The molecule has 0 aromatic heterocycles.